The van der Waals surface area contributed by atoms with Gasteiger partial charge in [-0.1, -0.05) is 36.4 Å². The maximum absolute atomic E-state index is 10.4. The van der Waals surface area contributed by atoms with E-state index in [1.807, 2.05) is 60.7 Å². The van der Waals surface area contributed by atoms with E-state index in [4.69, 9.17) is 0 Å². The molecule has 0 heterocycles. The molecule has 4 nitrogen and oxygen atoms in total. The standard InChI is InChI=1S/C12H11N3O/c16-14-13-15(11-7-3-1-4-8-11)12-9-5-2-6-10-12/h1-10H,(H,13,16). The maximum Gasteiger partial charge on any atom is 0.0709 e. The fraction of sp³-hybridized carbons (Fsp3) is 0. The highest BCUT2D eigenvalue weighted by atomic mass is 16.3. The third-order valence-corrected chi connectivity index (χ3v) is 2.17. The van der Waals surface area contributed by atoms with Gasteiger partial charge < -0.3 is 0 Å². The van der Waals surface area contributed by atoms with Crippen LogP contribution in [0.2, 0.25) is 0 Å². The molecule has 1 N–H and O–H groups in total. The van der Waals surface area contributed by atoms with Crippen LogP contribution in [0.3, 0.4) is 0 Å². The predicted octanol–water partition coefficient (Wildman–Crippen LogP) is 3.01. The molecule has 0 amide bonds. The van der Waals surface area contributed by atoms with Gasteiger partial charge in [0.25, 0.3) is 0 Å². The first-order valence-electron chi connectivity index (χ1n) is 4.90. The molecule has 2 aromatic carbocycles. The van der Waals surface area contributed by atoms with Crippen molar-refractivity contribution in [3.63, 3.8) is 0 Å². The smallest absolute Gasteiger partial charge is 0.0709 e. The lowest BCUT2D eigenvalue weighted by Crippen LogP contribution is -2.28. The van der Waals surface area contributed by atoms with Crippen molar-refractivity contribution in [2.45, 2.75) is 0 Å². The molecule has 2 aromatic rings. The number of nitroso groups, excluding NO2 is 1. The van der Waals surface area contributed by atoms with E-state index in [-0.39, 0.29) is 0 Å². The molecule has 0 aliphatic carbocycles. The van der Waals surface area contributed by atoms with Crippen LogP contribution in [0.5, 0.6) is 0 Å². The van der Waals surface area contributed by atoms with E-state index in [0.29, 0.717) is 0 Å². The Bertz CT molecular complexity index is 405. The molecule has 16 heavy (non-hydrogen) atoms. The van der Waals surface area contributed by atoms with Crippen molar-refractivity contribution in [2.24, 2.45) is 5.29 Å². The van der Waals surface area contributed by atoms with E-state index < -0.39 is 0 Å². The Morgan fingerprint density at radius 3 is 1.62 bits per heavy atom. The molecular formula is C12H11N3O. The predicted molar refractivity (Wildman–Crippen MR) is 64.0 cm³/mol. The second-order valence-electron chi connectivity index (χ2n) is 3.20. The Morgan fingerprint density at radius 1 is 0.812 bits per heavy atom. The van der Waals surface area contributed by atoms with E-state index >= 15 is 0 Å². The third kappa shape index (κ3) is 2.17. The first kappa shape index (κ1) is 10.2. The Hall–Kier alpha value is -2.36. The minimum atomic E-state index is 0.855. The van der Waals surface area contributed by atoms with Gasteiger partial charge in [-0.3, -0.25) is 0 Å². The van der Waals surface area contributed by atoms with Gasteiger partial charge in [0.2, 0.25) is 0 Å². The molecule has 0 unspecified atom stereocenters. The van der Waals surface area contributed by atoms with E-state index in [9.17, 15) is 4.91 Å². The molecule has 0 aliphatic heterocycles. The van der Waals surface area contributed by atoms with Crippen molar-refractivity contribution >= 4 is 11.4 Å². The summed E-state index contributed by atoms with van der Waals surface area (Å²) >= 11 is 0. The van der Waals surface area contributed by atoms with Crippen LogP contribution in [-0.2, 0) is 0 Å². The van der Waals surface area contributed by atoms with Gasteiger partial charge in [0, 0.05) is 0 Å². The molecule has 0 radical (unpaired) electrons. The number of nitrogens with one attached hydrogen (secondary N) is 1. The highest BCUT2D eigenvalue weighted by Crippen LogP contribution is 2.22. The molecular weight excluding hydrogens is 202 g/mol. The van der Waals surface area contributed by atoms with E-state index in [0.717, 1.165) is 11.4 Å². The average Bonchev–Trinajstić information content (AvgIpc) is 2.38. The quantitative estimate of drug-likeness (QED) is 0.627. The van der Waals surface area contributed by atoms with Gasteiger partial charge in [-0.25, -0.2) is 5.01 Å². The summed E-state index contributed by atoms with van der Waals surface area (Å²) in [7, 11) is 0. The zero-order valence-electron chi connectivity index (χ0n) is 8.58. The van der Waals surface area contributed by atoms with E-state index in [1.54, 1.807) is 5.01 Å². The van der Waals surface area contributed by atoms with Gasteiger partial charge >= 0.3 is 0 Å². The number of hydrazine groups is 1. The molecule has 0 saturated carbocycles. The highest BCUT2D eigenvalue weighted by molar-refractivity contribution is 5.61. The molecule has 0 aliphatic rings. The summed E-state index contributed by atoms with van der Waals surface area (Å²) in [6, 6.07) is 19.0. The van der Waals surface area contributed by atoms with Crippen LogP contribution in [0.25, 0.3) is 0 Å². The second kappa shape index (κ2) is 4.93. The number of nitrogens with zero attached hydrogens (tertiary/aromatic N) is 2. The number of hydrogen-bond donors (Lipinski definition) is 1. The van der Waals surface area contributed by atoms with Gasteiger partial charge in [-0.15, -0.1) is 4.91 Å². The fourth-order valence-electron chi connectivity index (χ4n) is 1.46. The number of anilines is 2. The maximum atomic E-state index is 10.4. The lowest BCUT2D eigenvalue weighted by molar-refractivity contribution is 0.752. The van der Waals surface area contributed by atoms with Crippen molar-refractivity contribution < 1.29 is 0 Å². The lowest BCUT2D eigenvalue weighted by atomic mass is 10.2. The molecule has 0 atom stereocenters. The molecule has 4 heteroatoms. The van der Waals surface area contributed by atoms with Crippen molar-refractivity contribution in [3.8, 4) is 0 Å². The first-order valence-corrected chi connectivity index (χ1v) is 4.90. The topological polar surface area (TPSA) is 44.7 Å². The van der Waals surface area contributed by atoms with Crippen molar-refractivity contribution in [1.82, 2.24) is 5.53 Å². The summed E-state index contributed by atoms with van der Waals surface area (Å²) in [5.74, 6) is 0. The molecule has 0 bridgehead atoms. The molecule has 0 spiro atoms. The highest BCUT2D eigenvalue weighted by Gasteiger charge is 2.06. The number of benzene rings is 2. The number of hydrogen-bond acceptors (Lipinski definition) is 3. The van der Waals surface area contributed by atoms with Gasteiger partial charge in [0.15, 0.2) is 0 Å². The van der Waals surface area contributed by atoms with Crippen LogP contribution in [0.1, 0.15) is 0 Å². The summed E-state index contributed by atoms with van der Waals surface area (Å²) in [5, 5.41) is 4.33. The van der Waals surface area contributed by atoms with E-state index in [1.165, 1.54) is 0 Å². The van der Waals surface area contributed by atoms with Crippen molar-refractivity contribution in [3.05, 3.63) is 65.6 Å². The van der Waals surface area contributed by atoms with Crippen LogP contribution in [0.4, 0.5) is 11.4 Å². The molecule has 0 aromatic heterocycles. The summed E-state index contributed by atoms with van der Waals surface area (Å²) < 4.78 is 0. The Balaban J connectivity index is 2.35. The van der Waals surface area contributed by atoms with Gasteiger partial charge in [-0.2, -0.15) is 5.53 Å². The van der Waals surface area contributed by atoms with Gasteiger partial charge in [0.1, 0.15) is 0 Å². The monoisotopic (exact) mass is 213 g/mol. The first-order chi connectivity index (χ1) is 7.92. The van der Waals surface area contributed by atoms with Crippen LogP contribution < -0.4 is 10.5 Å². The van der Waals surface area contributed by atoms with Crippen LogP contribution in [0.15, 0.2) is 65.9 Å². The lowest BCUT2D eigenvalue weighted by Gasteiger charge is -2.21. The SMILES string of the molecule is O=NNN(c1ccccc1)c1ccccc1. The van der Waals surface area contributed by atoms with E-state index in [2.05, 4.69) is 10.8 Å². The zero-order valence-corrected chi connectivity index (χ0v) is 8.58. The average molecular weight is 213 g/mol. The fourth-order valence-corrected chi connectivity index (χ4v) is 1.46. The molecule has 2 rings (SSSR count). The normalized spacial score (nSPS) is 9.50. The Morgan fingerprint density at radius 2 is 1.25 bits per heavy atom. The summed E-state index contributed by atoms with van der Waals surface area (Å²) in [4.78, 5) is 10.4. The second-order valence-corrected chi connectivity index (χ2v) is 3.20. The van der Waals surface area contributed by atoms with Crippen molar-refractivity contribution in [1.29, 1.82) is 0 Å². The molecule has 0 saturated heterocycles. The van der Waals surface area contributed by atoms with Crippen LogP contribution in [-0.4, -0.2) is 0 Å². The van der Waals surface area contributed by atoms with Gasteiger partial charge in [-0.05, 0) is 24.3 Å². The molecule has 0 fully saturated rings. The number of rotatable bonds is 4. The Kier molecular flexibility index (Phi) is 3.13. The Labute approximate surface area is 93.4 Å². The minimum Gasteiger partial charge on any atom is -0.238 e. The van der Waals surface area contributed by atoms with Crippen LogP contribution >= 0.6 is 0 Å². The summed E-state index contributed by atoms with van der Waals surface area (Å²) in [6.45, 7) is 0. The summed E-state index contributed by atoms with van der Waals surface area (Å²) in [5.41, 5.74) is 4.13. The number of para-hydroxylation sites is 2. The van der Waals surface area contributed by atoms with Crippen molar-refractivity contribution in [2.75, 3.05) is 5.01 Å². The zero-order chi connectivity index (χ0) is 11.2. The van der Waals surface area contributed by atoms with Crippen LogP contribution in [0, 0.1) is 4.91 Å². The minimum absolute atomic E-state index is 0.855. The van der Waals surface area contributed by atoms with Gasteiger partial charge in [0.05, 0.1) is 16.7 Å². The third-order valence-electron chi connectivity index (χ3n) is 2.17. The molecule has 80 valence electrons. The summed E-state index contributed by atoms with van der Waals surface area (Å²) in [6.07, 6.45) is 0. The largest absolute Gasteiger partial charge is 0.238 e.